The number of amides is 2. The Morgan fingerprint density at radius 1 is 1.29 bits per heavy atom. The van der Waals surface area contributed by atoms with Gasteiger partial charge in [-0.05, 0) is 25.1 Å². The van der Waals surface area contributed by atoms with Crippen LogP contribution in [0.5, 0.6) is 0 Å². The van der Waals surface area contributed by atoms with Gasteiger partial charge >= 0.3 is 6.18 Å². The van der Waals surface area contributed by atoms with Crippen LogP contribution in [0.3, 0.4) is 0 Å². The van der Waals surface area contributed by atoms with Gasteiger partial charge in [-0.1, -0.05) is 11.2 Å². The summed E-state index contributed by atoms with van der Waals surface area (Å²) in [6, 6.07) is 5.49. The fraction of sp³-hybridized carbons (Fsp3) is 0.267. The Hall–Kier alpha value is -2.84. The molecule has 1 N–H and O–H groups in total. The number of rotatable bonds is 5. The van der Waals surface area contributed by atoms with E-state index < -0.39 is 23.6 Å². The fourth-order valence-corrected chi connectivity index (χ4v) is 1.97. The number of benzene rings is 1. The average Bonchev–Trinajstić information content (AvgIpc) is 3.04. The number of hydrogen-bond acceptors (Lipinski definition) is 4. The molecule has 2 aromatic rings. The molecule has 2 amide bonds. The summed E-state index contributed by atoms with van der Waals surface area (Å²) in [5.74, 6) is -1.02. The Kier molecular flexibility index (Phi) is 5.22. The molecule has 0 bridgehead atoms. The van der Waals surface area contributed by atoms with Crippen molar-refractivity contribution in [2.45, 2.75) is 13.1 Å². The Morgan fingerprint density at radius 2 is 2.04 bits per heavy atom. The largest absolute Gasteiger partial charge is 0.416 e. The predicted molar refractivity (Wildman–Crippen MR) is 78.2 cm³/mol. The van der Waals surface area contributed by atoms with Crippen molar-refractivity contribution in [2.24, 2.45) is 0 Å². The molecule has 128 valence electrons. The van der Waals surface area contributed by atoms with Crippen LogP contribution in [-0.4, -0.2) is 35.0 Å². The molecule has 0 aliphatic rings. The maximum atomic E-state index is 12.7. The highest BCUT2D eigenvalue weighted by atomic mass is 19.4. The van der Waals surface area contributed by atoms with E-state index in [0.717, 1.165) is 23.1 Å². The molecule has 0 aliphatic carbocycles. The lowest BCUT2D eigenvalue weighted by Gasteiger charge is -2.20. The van der Waals surface area contributed by atoms with Crippen LogP contribution in [0.2, 0.25) is 0 Å². The quantitative estimate of drug-likeness (QED) is 0.907. The van der Waals surface area contributed by atoms with Crippen molar-refractivity contribution >= 4 is 17.6 Å². The smallest absolute Gasteiger partial charge is 0.363 e. The highest BCUT2D eigenvalue weighted by Crippen LogP contribution is 2.29. The van der Waals surface area contributed by atoms with E-state index in [1.807, 2.05) is 0 Å². The summed E-state index contributed by atoms with van der Waals surface area (Å²) in [5.41, 5.74) is -1.06. The Morgan fingerprint density at radius 3 is 2.62 bits per heavy atom. The minimum atomic E-state index is -4.54. The van der Waals surface area contributed by atoms with Crippen molar-refractivity contribution < 1.29 is 27.3 Å². The first-order valence-corrected chi connectivity index (χ1v) is 6.98. The van der Waals surface area contributed by atoms with Crippen LogP contribution in [0.4, 0.5) is 19.0 Å². The van der Waals surface area contributed by atoms with Crippen LogP contribution in [0.25, 0.3) is 0 Å². The second kappa shape index (κ2) is 7.16. The molecular formula is C15H14F3N3O3. The third kappa shape index (κ3) is 4.34. The van der Waals surface area contributed by atoms with Gasteiger partial charge in [-0.15, -0.1) is 0 Å². The van der Waals surface area contributed by atoms with Crippen molar-refractivity contribution in [1.82, 2.24) is 10.1 Å². The number of aromatic nitrogens is 1. The van der Waals surface area contributed by atoms with Crippen molar-refractivity contribution in [3.63, 3.8) is 0 Å². The van der Waals surface area contributed by atoms with E-state index in [2.05, 4.69) is 15.0 Å². The molecular weight excluding hydrogens is 327 g/mol. The summed E-state index contributed by atoms with van der Waals surface area (Å²) in [5, 5.41) is 5.91. The zero-order valence-electron chi connectivity index (χ0n) is 12.6. The molecule has 9 heteroatoms. The number of anilines is 1. The van der Waals surface area contributed by atoms with E-state index in [-0.39, 0.29) is 24.5 Å². The summed E-state index contributed by atoms with van der Waals surface area (Å²) in [6.45, 7) is 1.45. The van der Waals surface area contributed by atoms with Gasteiger partial charge in [-0.3, -0.25) is 9.59 Å². The highest BCUT2D eigenvalue weighted by Gasteiger charge is 2.31. The maximum Gasteiger partial charge on any atom is 0.416 e. The number of likely N-dealkylation sites (N-methyl/N-ethyl adjacent to an activating group) is 1. The van der Waals surface area contributed by atoms with Gasteiger partial charge in [-0.25, -0.2) is 0 Å². The topological polar surface area (TPSA) is 75.4 Å². The molecule has 0 spiro atoms. The number of alkyl halides is 3. The van der Waals surface area contributed by atoms with Gasteiger partial charge in [0.15, 0.2) is 5.82 Å². The summed E-state index contributed by atoms with van der Waals surface area (Å²) in [7, 11) is 0. The zero-order valence-corrected chi connectivity index (χ0v) is 12.6. The zero-order chi connectivity index (χ0) is 17.7. The molecule has 1 heterocycles. The first-order valence-electron chi connectivity index (χ1n) is 6.98. The number of hydrogen-bond donors (Lipinski definition) is 1. The lowest BCUT2D eigenvalue weighted by molar-refractivity contribution is -0.137. The van der Waals surface area contributed by atoms with E-state index in [1.54, 1.807) is 6.92 Å². The van der Waals surface area contributed by atoms with Crippen LogP contribution in [0.1, 0.15) is 22.8 Å². The van der Waals surface area contributed by atoms with Crippen LogP contribution >= 0.6 is 0 Å². The minimum Gasteiger partial charge on any atom is -0.363 e. The molecule has 0 unspecified atom stereocenters. The summed E-state index contributed by atoms with van der Waals surface area (Å²) >= 11 is 0. The highest BCUT2D eigenvalue weighted by molar-refractivity contribution is 5.99. The monoisotopic (exact) mass is 341 g/mol. The molecule has 1 aromatic carbocycles. The van der Waals surface area contributed by atoms with E-state index in [4.69, 9.17) is 0 Å². The number of carbonyl (C=O) groups excluding carboxylic acids is 2. The normalized spacial score (nSPS) is 11.2. The van der Waals surface area contributed by atoms with Gasteiger partial charge in [-0.2, -0.15) is 13.2 Å². The van der Waals surface area contributed by atoms with Crippen LogP contribution in [-0.2, 0) is 11.0 Å². The molecule has 24 heavy (non-hydrogen) atoms. The molecule has 0 aliphatic heterocycles. The number of nitrogens with one attached hydrogen (secondary N) is 1. The number of nitrogens with zero attached hydrogens (tertiary/aromatic N) is 2. The molecule has 6 nitrogen and oxygen atoms in total. The summed E-state index contributed by atoms with van der Waals surface area (Å²) in [6.07, 6.45) is -3.28. The molecule has 1 aromatic heterocycles. The van der Waals surface area contributed by atoms with Crippen molar-refractivity contribution in [3.8, 4) is 0 Å². The standard InChI is InChI=1S/C15H14F3N3O3/c1-2-21(9-13(22)19-12-6-7-24-20-12)14(23)10-4-3-5-11(8-10)15(16,17)18/h3-8H,2,9H2,1H3,(H,19,20,22). The predicted octanol–water partition coefficient (Wildman–Crippen LogP) is 2.79. The molecule has 0 fully saturated rings. The van der Waals surface area contributed by atoms with Crippen LogP contribution < -0.4 is 5.32 Å². The number of halogens is 3. The molecule has 0 radical (unpaired) electrons. The summed E-state index contributed by atoms with van der Waals surface area (Å²) < 4.78 is 42.8. The van der Waals surface area contributed by atoms with Gasteiger partial charge < -0.3 is 14.7 Å². The van der Waals surface area contributed by atoms with Gasteiger partial charge in [0.05, 0.1) is 5.56 Å². The minimum absolute atomic E-state index is 0.138. The molecule has 0 atom stereocenters. The maximum absolute atomic E-state index is 12.7. The Balaban J connectivity index is 2.09. The van der Waals surface area contributed by atoms with Crippen molar-refractivity contribution in [1.29, 1.82) is 0 Å². The number of carbonyl (C=O) groups is 2. The second-order valence-corrected chi connectivity index (χ2v) is 4.83. The SMILES string of the molecule is CCN(CC(=O)Nc1ccon1)C(=O)c1cccc(C(F)(F)F)c1. The average molecular weight is 341 g/mol. The van der Waals surface area contributed by atoms with Crippen molar-refractivity contribution in [3.05, 3.63) is 47.7 Å². The van der Waals surface area contributed by atoms with Crippen LogP contribution in [0.15, 0.2) is 41.1 Å². The van der Waals surface area contributed by atoms with Gasteiger partial charge in [0, 0.05) is 18.2 Å². The van der Waals surface area contributed by atoms with E-state index in [1.165, 1.54) is 18.4 Å². The van der Waals surface area contributed by atoms with E-state index in [9.17, 15) is 22.8 Å². The van der Waals surface area contributed by atoms with Gasteiger partial charge in [0.25, 0.3) is 5.91 Å². The lowest BCUT2D eigenvalue weighted by atomic mass is 10.1. The third-order valence-corrected chi connectivity index (χ3v) is 3.15. The molecule has 2 rings (SSSR count). The second-order valence-electron chi connectivity index (χ2n) is 4.83. The summed E-state index contributed by atoms with van der Waals surface area (Å²) in [4.78, 5) is 25.3. The first kappa shape index (κ1) is 17.5. The Labute approximate surface area is 135 Å². The van der Waals surface area contributed by atoms with Gasteiger partial charge in [0.1, 0.15) is 12.8 Å². The lowest BCUT2D eigenvalue weighted by Crippen LogP contribution is -2.38. The fourth-order valence-electron chi connectivity index (χ4n) is 1.97. The molecule has 0 saturated heterocycles. The van der Waals surface area contributed by atoms with E-state index >= 15 is 0 Å². The van der Waals surface area contributed by atoms with E-state index in [0.29, 0.717) is 0 Å². The van der Waals surface area contributed by atoms with Crippen molar-refractivity contribution in [2.75, 3.05) is 18.4 Å². The van der Waals surface area contributed by atoms with Crippen LogP contribution in [0, 0.1) is 0 Å². The Bertz CT molecular complexity index is 714. The molecule has 0 saturated carbocycles. The first-order chi connectivity index (χ1) is 11.3. The third-order valence-electron chi connectivity index (χ3n) is 3.15. The van der Waals surface area contributed by atoms with Gasteiger partial charge in [0.2, 0.25) is 5.91 Å².